The highest BCUT2D eigenvalue weighted by Gasteiger charge is 2.35. The van der Waals surface area contributed by atoms with E-state index in [0.717, 1.165) is 38.3 Å². The van der Waals surface area contributed by atoms with Crippen LogP contribution in [0.2, 0.25) is 5.02 Å². The van der Waals surface area contributed by atoms with Crippen LogP contribution in [0.3, 0.4) is 0 Å². The number of hydrogen-bond donors (Lipinski definition) is 2. The zero-order valence-electron chi connectivity index (χ0n) is 18.0. The summed E-state index contributed by atoms with van der Waals surface area (Å²) in [6.07, 6.45) is -4.67. The lowest BCUT2D eigenvalue weighted by Gasteiger charge is -2.28. The molecule has 0 saturated carbocycles. The molecule has 180 valence electrons. The van der Waals surface area contributed by atoms with Crippen molar-refractivity contribution in [2.24, 2.45) is 0 Å². The van der Waals surface area contributed by atoms with Crippen molar-refractivity contribution in [2.45, 2.75) is 11.2 Å². The third kappa shape index (κ3) is 5.49. The van der Waals surface area contributed by atoms with Crippen molar-refractivity contribution in [2.75, 3.05) is 42.9 Å². The van der Waals surface area contributed by atoms with Crippen molar-refractivity contribution in [1.29, 1.82) is 0 Å². The largest absolute Gasteiger partial charge is 0.587 e. The van der Waals surface area contributed by atoms with Crippen molar-refractivity contribution < 1.29 is 22.5 Å². The van der Waals surface area contributed by atoms with Gasteiger partial charge in [-0.1, -0.05) is 17.7 Å². The van der Waals surface area contributed by atoms with Crippen LogP contribution in [-0.4, -0.2) is 47.8 Å². The van der Waals surface area contributed by atoms with Crippen LogP contribution in [-0.2, 0) is 17.5 Å². The molecule has 3 aromatic rings. The Morgan fingerprint density at radius 2 is 1.88 bits per heavy atom. The van der Waals surface area contributed by atoms with Crippen LogP contribution in [0.5, 0.6) is 5.75 Å². The van der Waals surface area contributed by atoms with Crippen LogP contribution in [0.4, 0.5) is 24.8 Å². The van der Waals surface area contributed by atoms with Crippen molar-refractivity contribution >= 4 is 34.6 Å². The van der Waals surface area contributed by atoms with Gasteiger partial charge in [0.2, 0.25) is 0 Å². The first kappa shape index (κ1) is 24.4. The fourth-order valence-corrected chi connectivity index (χ4v) is 4.48. The summed E-state index contributed by atoms with van der Waals surface area (Å²) in [6, 6.07) is 11.5. The van der Waals surface area contributed by atoms with Crippen LogP contribution in [0.25, 0.3) is 11.3 Å². The van der Waals surface area contributed by atoms with Crippen LogP contribution in [0, 0.1) is 0 Å². The number of nitrogens with one attached hydrogen (secondary N) is 2. The third-order valence-corrected chi connectivity index (χ3v) is 6.50. The average Bonchev–Trinajstić information content (AvgIpc) is 2.84. The van der Waals surface area contributed by atoms with E-state index in [1.165, 1.54) is 25.3 Å². The first-order valence-electron chi connectivity index (χ1n) is 10.3. The maximum absolute atomic E-state index is 13.7. The lowest BCUT2D eigenvalue weighted by atomic mass is 10.0. The van der Waals surface area contributed by atoms with E-state index >= 15 is 0 Å². The molecule has 1 aromatic carbocycles. The standard InChI is InChI=1S/C22H21ClF3N5O2S/c1-33-14-5-7-17(23)15(13-14)21-16(22(24,25)26)6-8-18(28-21)30-34(32)20-4-2-3-19(29-20)31-11-9-27-10-12-31/h2-8,13,27H,9-12H2,1H3,(H,28,30). The summed E-state index contributed by atoms with van der Waals surface area (Å²) in [7, 11) is 1.40. The van der Waals surface area contributed by atoms with Gasteiger partial charge < -0.3 is 19.5 Å². The monoisotopic (exact) mass is 511 g/mol. The number of methoxy groups -OCH3 is 1. The molecule has 0 aliphatic carbocycles. The van der Waals surface area contributed by atoms with Gasteiger partial charge in [-0.2, -0.15) is 22.9 Å². The van der Waals surface area contributed by atoms with Gasteiger partial charge in [-0.15, -0.1) is 0 Å². The number of nitrogens with zero attached hydrogens (tertiary/aromatic N) is 3. The summed E-state index contributed by atoms with van der Waals surface area (Å²) in [5, 5.41) is 3.56. The average molecular weight is 512 g/mol. The molecule has 1 aliphatic heterocycles. The summed E-state index contributed by atoms with van der Waals surface area (Å²) in [5.41, 5.74) is -1.33. The van der Waals surface area contributed by atoms with Gasteiger partial charge in [-0.3, -0.25) is 0 Å². The maximum atomic E-state index is 13.7. The minimum absolute atomic E-state index is 0.0189. The van der Waals surface area contributed by atoms with Gasteiger partial charge in [0.15, 0.2) is 5.82 Å². The Hall–Kier alpha value is -2.73. The number of rotatable bonds is 6. The minimum atomic E-state index is -4.67. The van der Waals surface area contributed by atoms with Crippen LogP contribution in [0.15, 0.2) is 53.6 Å². The Labute approximate surface area is 202 Å². The van der Waals surface area contributed by atoms with E-state index in [0.29, 0.717) is 11.6 Å². The molecule has 0 radical (unpaired) electrons. The molecule has 0 spiro atoms. The highest BCUT2D eigenvalue weighted by molar-refractivity contribution is 7.92. The number of ether oxygens (including phenoxy) is 1. The Morgan fingerprint density at radius 3 is 2.59 bits per heavy atom. The number of anilines is 2. The molecule has 12 heteroatoms. The van der Waals surface area contributed by atoms with Gasteiger partial charge in [0.05, 0.1) is 23.4 Å². The smallest absolute Gasteiger partial charge is 0.418 e. The predicted octanol–water partition coefficient (Wildman–Crippen LogP) is 4.37. The molecule has 34 heavy (non-hydrogen) atoms. The lowest BCUT2D eigenvalue weighted by Crippen LogP contribution is -2.44. The van der Waals surface area contributed by atoms with Crippen LogP contribution in [0.1, 0.15) is 5.56 Å². The van der Waals surface area contributed by atoms with Crippen LogP contribution >= 0.6 is 11.6 Å². The van der Waals surface area contributed by atoms with E-state index in [-0.39, 0.29) is 21.4 Å². The molecule has 1 aliphatic rings. The molecule has 0 bridgehead atoms. The fraction of sp³-hybridized carbons (Fsp3) is 0.273. The third-order valence-electron chi connectivity index (χ3n) is 5.17. The Kier molecular flexibility index (Phi) is 7.36. The highest BCUT2D eigenvalue weighted by Crippen LogP contribution is 2.40. The molecular formula is C22H21ClF3N5O2S. The summed E-state index contributed by atoms with van der Waals surface area (Å²) in [5.74, 6) is 0.984. The molecule has 1 unspecified atom stereocenters. The van der Waals surface area contributed by atoms with Gasteiger partial charge in [-0.05, 0) is 36.4 Å². The number of aromatic nitrogens is 2. The molecule has 1 atom stereocenters. The molecule has 4 rings (SSSR count). The second kappa shape index (κ2) is 10.3. The first-order valence-corrected chi connectivity index (χ1v) is 11.8. The first-order chi connectivity index (χ1) is 16.3. The van der Waals surface area contributed by atoms with Crippen molar-refractivity contribution in [1.82, 2.24) is 15.3 Å². The zero-order chi connectivity index (χ0) is 24.3. The normalized spacial score (nSPS) is 15.2. The highest BCUT2D eigenvalue weighted by atomic mass is 35.5. The molecule has 0 amide bonds. The number of pyridine rings is 2. The van der Waals surface area contributed by atoms with E-state index in [2.05, 4.69) is 24.9 Å². The SMILES string of the molecule is COc1ccc(Cl)c(-c2nc(N[S+]([O-])c3cccc(N4CCNCC4)n3)ccc2C(F)(F)F)c1. The molecule has 2 aromatic heterocycles. The fourth-order valence-electron chi connectivity index (χ4n) is 3.49. The van der Waals surface area contributed by atoms with E-state index in [1.807, 2.05) is 6.07 Å². The van der Waals surface area contributed by atoms with Crippen LogP contribution < -0.4 is 19.7 Å². The van der Waals surface area contributed by atoms with Crippen molar-refractivity contribution in [3.05, 3.63) is 59.1 Å². The number of piperazine rings is 1. The van der Waals surface area contributed by atoms with Gasteiger partial charge in [0.1, 0.15) is 22.9 Å². The number of alkyl halides is 3. The van der Waals surface area contributed by atoms with Gasteiger partial charge in [-0.25, -0.2) is 4.98 Å². The molecule has 2 N–H and O–H groups in total. The molecule has 1 saturated heterocycles. The number of halogens is 4. The van der Waals surface area contributed by atoms with Crippen molar-refractivity contribution in [3.63, 3.8) is 0 Å². The number of benzene rings is 1. The molecule has 1 fully saturated rings. The molecule has 7 nitrogen and oxygen atoms in total. The Bertz CT molecular complexity index is 1160. The van der Waals surface area contributed by atoms with E-state index in [1.54, 1.807) is 12.1 Å². The number of hydrogen-bond acceptors (Lipinski definition) is 7. The lowest BCUT2D eigenvalue weighted by molar-refractivity contribution is -0.137. The maximum Gasteiger partial charge on any atom is 0.418 e. The van der Waals surface area contributed by atoms with Crippen molar-refractivity contribution in [3.8, 4) is 17.0 Å². The Balaban J connectivity index is 1.65. The Morgan fingerprint density at radius 1 is 1.12 bits per heavy atom. The topological polar surface area (TPSA) is 85.4 Å². The van der Waals surface area contributed by atoms with Gasteiger partial charge in [0.25, 0.3) is 5.03 Å². The quantitative estimate of drug-likeness (QED) is 0.475. The van der Waals surface area contributed by atoms with Gasteiger partial charge in [0, 0.05) is 37.8 Å². The summed E-state index contributed by atoms with van der Waals surface area (Å²) < 4.78 is 61.9. The predicted molar refractivity (Wildman–Crippen MR) is 126 cm³/mol. The van der Waals surface area contributed by atoms with E-state index in [9.17, 15) is 17.7 Å². The zero-order valence-corrected chi connectivity index (χ0v) is 19.6. The second-order valence-electron chi connectivity index (χ2n) is 7.38. The molecule has 3 heterocycles. The van der Waals surface area contributed by atoms with E-state index < -0.39 is 28.8 Å². The van der Waals surface area contributed by atoms with E-state index in [4.69, 9.17) is 16.3 Å². The minimum Gasteiger partial charge on any atom is -0.587 e. The molecular weight excluding hydrogens is 491 g/mol. The second-order valence-corrected chi connectivity index (χ2v) is 8.95. The van der Waals surface area contributed by atoms with Gasteiger partial charge >= 0.3 is 6.18 Å². The summed E-state index contributed by atoms with van der Waals surface area (Å²) >= 11 is 4.33. The summed E-state index contributed by atoms with van der Waals surface area (Å²) in [4.78, 5) is 10.6. The summed E-state index contributed by atoms with van der Waals surface area (Å²) in [6.45, 7) is 3.17.